The van der Waals surface area contributed by atoms with E-state index in [1.54, 1.807) is 0 Å². The van der Waals surface area contributed by atoms with Crippen molar-refractivity contribution in [3.8, 4) is 0 Å². The molecule has 0 unspecified atom stereocenters. The van der Waals surface area contributed by atoms with Crippen LogP contribution in [0.15, 0.2) is 46.9 Å². The Morgan fingerprint density at radius 1 is 1.21 bits per heavy atom. The summed E-state index contributed by atoms with van der Waals surface area (Å²) in [7, 11) is 0. The van der Waals surface area contributed by atoms with Crippen molar-refractivity contribution < 1.29 is 14.1 Å². The van der Waals surface area contributed by atoms with Crippen LogP contribution in [0, 0.1) is 10.1 Å². The second-order valence-corrected chi connectivity index (χ2v) is 5.90. The van der Waals surface area contributed by atoms with Gasteiger partial charge in [0.05, 0.1) is 6.07 Å². The largest absolute Gasteiger partial charge is 0.433 e. The summed E-state index contributed by atoms with van der Waals surface area (Å²) in [5.74, 6) is -0.837. The van der Waals surface area contributed by atoms with Crippen LogP contribution in [0.1, 0.15) is 29.0 Å². The number of benzene rings is 1. The monoisotopic (exact) mass is 329 g/mol. The van der Waals surface area contributed by atoms with Gasteiger partial charge in [-0.3, -0.25) is 19.8 Å². The van der Waals surface area contributed by atoms with Gasteiger partial charge >= 0.3 is 5.88 Å². The Balaban J connectivity index is 1.48. The summed E-state index contributed by atoms with van der Waals surface area (Å²) in [5, 5.41) is 13.5. The number of nitrogens with one attached hydrogen (secondary N) is 1. The number of rotatable bonds is 5. The average Bonchev–Trinajstić information content (AvgIpc) is 3.08. The van der Waals surface area contributed by atoms with Gasteiger partial charge in [0.2, 0.25) is 0 Å². The summed E-state index contributed by atoms with van der Waals surface area (Å²) >= 11 is 0. The molecule has 7 nitrogen and oxygen atoms in total. The van der Waals surface area contributed by atoms with E-state index in [0.29, 0.717) is 0 Å². The Hall–Kier alpha value is -2.67. The summed E-state index contributed by atoms with van der Waals surface area (Å²) in [6.45, 7) is 2.71. The van der Waals surface area contributed by atoms with E-state index in [0.717, 1.165) is 32.5 Å². The average molecular weight is 329 g/mol. The van der Waals surface area contributed by atoms with E-state index in [4.69, 9.17) is 4.42 Å². The molecule has 1 saturated heterocycles. The molecule has 1 aliphatic rings. The zero-order chi connectivity index (χ0) is 16.9. The van der Waals surface area contributed by atoms with Gasteiger partial charge in [-0.15, -0.1) is 0 Å². The first-order valence-corrected chi connectivity index (χ1v) is 7.93. The maximum Gasteiger partial charge on any atom is 0.433 e. The van der Waals surface area contributed by atoms with Crippen LogP contribution in [0.4, 0.5) is 5.88 Å². The molecule has 0 bridgehead atoms. The molecule has 24 heavy (non-hydrogen) atoms. The highest BCUT2D eigenvalue weighted by Crippen LogP contribution is 2.17. The molecule has 0 atom stereocenters. The van der Waals surface area contributed by atoms with Crippen molar-refractivity contribution in [3.05, 3.63) is 63.9 Å². The van der Waals surface area contributed by atoms with E-state index in [1.165, 1.54) is 17.7 Å². The van der Waals surface area contributed by atoms with Crippen molar-refractivity contribution in [2.45, 2.75) is 25.4 Å². The third-order valence-corrected chi connectivity index (χ3v) is 4.17. The second-order valence-electron chi connectivity index (χ2n) is 5.90. The number of nitro groups is 1. The lowest BCUT2D eigenvalue weighted by atomic mass is 10.0. The molecule has 1 amide bonds. The lowest BCUT2D eigenvalue weighted by Crippen LogP contribution is -2.44. The molecule has 1 aromatic heterocycles. The predicted molar refractivity (Wildman–Crippen MR) is 87.6 cm³/mol. The normalized spacial score (nSPS) is 16.0. The molecule has 1 aromatic carbocycles. The Morgan fingerprint density at radius 3 is 2.54 bits per heavy atom. The molecule has 1 fully saturated rings. The number of nitrogens with zero attached hydrogens (tertiary/aromatic N) is 2. The van der Waals surface area contributed by atoms with Crippen LogP contribution in [-0.4, -0.2) is 34.9 Å². The molecule has 3 rings (SSSR count). The predicted octanol–water partition coefficient (Wildman–Crippen LogP) is 2.58. The molecule has 7 heteroatoms. The van der Waals surface area contributed by atoms with Crippen LogP contribution in [-0.2, 0) is 6.54 Å². The van der Waals surface area contributed by atoms with E-state index in [9.17, 15) is 14.9 Å². The van der Waals surface area contributed by atoms with Crippen LogP contribution in [0.5, 0.6) is 0 Å². The molecule has 1 aliphatic heterocycles. The molecular formula is C17H19N3O4. The van der Waals surface area contributed by atoms with Gasteiger partial charge in [0, 0.05) is 25.7 Å². The maximum atomic E-state index is 12.1. The van der Waals surface area contributed by atoms with Crippen molar-refractivity contribution >= 4 is 11.8 Å². The number of carbonyl (C=O) groups excluding carboxylic acids is 1. The minimum atomic E-state index is -0.654. The zero-order valence-electron chi connectivity index (χ0n) is 13.2. The van der Waals surface area contributed by atoms with Crippen LogP contribution in [0.25, 0.3) is 0 Å². The van der Waals surface area contributed by atoms with E-state index in [1.807, 2.05) is 18.2 Å². The van der Waals surface area contributed by atoms with Gasteiger partial charge in [-0.05, 0) is 24.5 Å². The second kappa shape index (κ2) is 7.27. The fraction of sp³-hybridized carbons (Fsp3) is 0.353. The Labute approximate surface area is 139 Å². The minimum absolute atomic E-state index is 0.0200. The Kier molecular flexibility index (Phi) is 4.90. The van der Waals surface area contributed by atoms with E-state index in [-0.39, 0.29) is 11.8 Å². The van der Waals surface area contributed by atoms with Gasteiger partial charge in [-0.2, -0.15) is 0 Å². The summed E-state index contributed by atoms with van der Waals surface area (Å²) in [5.41, 5.74) is 1.28. The molecule has 0 saturated carbocycles. The highest BCUT2D eigenvalue weighted by Gasteiger charge is 2.23. The van der Waals surface area contributed by atoms with Gasteiger partial charge in [0.15, 0.2) is 5.76 Å². The molecule has 126 valence electrons. The fourth-order valence-electron chi connectivity index (χ4n) is 2.88. The highest BCUT2D eigenvalue weighted by atomic mass is 16.6. The number of amides is 1. The lowest BCUT2D eigenvalue weighted by Gasteiger charge is -2.32. The Morgan fingerprint density at radius 2 is 1.92 bits per heavy atom. The molecular weight excluding hydrogens is 310 g/mol. The molecule has 0 aliphatic carbocycles. The van der Waals surface area contributed by atoms with Gasteiger partial charge in [-0.1, -0.05) is 30.3 Å². The summed E-state index contributed by atoms with van der Waals surface area (Å²) < 4.78 is 4.93. The maximum absolute atomic E-state index is 12.1. The SMILES string of the molecule is O=C(NC1CCN(Cc2ccccc2)CC1)c1ccc([N+](=O)[O-])o1. The van der Waals surface area contributed by atoms with Crippen LogP contribution in [0.3, 0.4) is 0 Å². The summed E-state index contributed by atoms with van der Waals surface area (Å²) in [6.07, 6.45) is 1.70. The van der Waals surface area contributed by atoms with Crippen molar-refractivity contribution in [3.63, 3.8) is 0 Å². The van der Waals surface area contributed by atoms with E-state index in [2.05, 4.69) is 22.3 Å². The van der Waals surface area contributed by atoms with E-state index >= 15 is 0 Å². The topological polar surface area (TPSA) is 88.6 Å². The number of piperidine rings is 1. The summed E-state index contributed by atoms with van der Waals surface area (Å²) in [4.78, 5) is 24.4. The van der Waals surface area contributed by atoms with E-state index < -0.39 is 16.7 Å². The van der Waals surface area contributed by atoms with Crippen LogP contribution < -0.4 is 5.32 Å². The van der Waals surface area contributed by atoms with Gasteiger partial charge in [0.25, 0.3) is 5.91 Å². The Bertz CT molecular complexity index is 706. The first-order valence-electron chi connectivity index (χ1n) is 7.93. The smallest absolute Gasteiger partial charge is 0.395 e. The molecule has 0 spiro atoms. The molecule has 2 heterocycles. The molecule has 0 radical (unpaired) electrons. The first-order chi connectivity index (χ1) is 11.6. The van der Waals surface area contributed by atoms with Gasteiger partial charge < -0.3 is 9.73 Å². The van der Waals surface area contributed by atoms with Crippen molar-refractivity contribution in [2.75, 3.05) is 13.1 Å². The highest BCUT2D eigenvalue weighted by molar-refractivity contribution is 5.91. The van der Waals surface area contributed by atoms with Crippen LogP contribution >= 0.6 is 0 Å². The number of likely N-dealkylation sites (tertiary alicyclic amines) is 1. The standard InChI is InChI=1S/C17H19N3O4/c21-17(15-6-7-16(24-15)20(22)23)18-14-8-10-19(11-9-14)12-13-4-2-1-3-5-13/h1-7,14H,8-12H2,(H,18,21). The minimum Gasteiger partial charge on any atom is -0.395 e. The lowest BCUT2D eigenvalue weighted by molar-refractivity contribution is -0.402. The van der Waals surface area contributed by atoms with Crippen molar-refractivity contribution in [1.82, 2.24) is 10.2 Å². The first kappa shape index (κ1) is 16.2. The molecule has 1 N–H and O–H groups in total. The zero-order valence-corrected chi connectivity index (χ0v) is 13.2. The van der Waals surface area contributed by atoms with Gasteiger partial charge in [0.1, 0.15) is 4.92 Å². The quantitative estimate of drug-likeness (QED) is 0.673. The number of hydrogen-bond donors (Lipinski definition) is 1. The van der Waals surface area contributed by atoms with Crippen LogP contribution in [0.2, 0.25) is 0 Å². The number of furan rings is 1. The van der Waals surface area contributed by atoms with Gasteiger partial charge in [-0.25, -0.2) is 0 Å². The summed E-state index contributed by atoms with van der Waals surface area (Å²) in [6, 6.07) is 12.9. The molecule has 2 aromatic rings. The van der Waals surface area contributed by atoms with Crippen molar-refractivity contribution in [2.24, 2.45) is 0 Å². The number of hydrogen-bond acceptors (Lipinski definition) is 5. The number of carbonyl (C=O) groups is 1. The third kappa shape index (κ3) is 3.99. The third-order valence-electron chi connectivity index (χ3n) is 4.17. The fourth-order valence-corrected chi connectivity index (χ4v) is 2.88. The van der Waals surface area contributed by atoms with Crippen molar-refractivity contribution in [1.29, 1.82) is 0 Å².